The third kappa shape index (κ3) is 5.06. The molecule has 2 aromatic rings. The summed E-state index contributed by atoms with van der Waals surface area (Å²) in [5, 5.41) is -0.185. The van der Waals surface area contributed by atoms with Crippen molar-refractivity contribution in [3.05, 3.63) is 58.6 Å². The highest BCUT2D eigenvalue weighted by Crippen LogP contribution is 2.38. The van der Waals surface area contributed by atoms with Crippen LogP contribution in [0, 0.1) is 0 Å². The van der Waals surface area contributed by atoms with Crippen LogP contribution < -0.4 is 9.47 Å². The summed E-state index contributed by atoms with van der Waals surface area (Å²) in [4.78, 5) is 14.3. The quantitative estimate of drug-likeness (QED) is 0.711. The lowest BCUT2D eigenvalue weighted by Crippen LogP contribution is -2.37. The molecule has 1 aliphatic heterocycles. The molecule has 0 bridgehead atoms. The zero-order chi connectivity index (χ0) is 20.1. The Bertz CT molecular complexity index is 859. The van der Waals surface area contributed by atoms with E-state index in [-0.39, 0.29) is 11.7 Å². The van der Waals surface area contributed by atoms with Crippen molar-refractivity contribution in [1.29, 1.82) is 0 Å². The number of halogens is 1. The lowest BCUT2D eigenvalue weighted by Gasteiger charge is -2.21. The van der Waals surface area contributed by atoms with Gasteiger partial charge >= 0.3 is 0 Å². The molecule has 0 radical (unpaired) electrons. The Morgan fingerprint density at radius 3 is 2.64 bits per heavy atom. The first-order valence-electron chi connectivity index (χ1n) is 9.20. The second kappa shape index (κ2) is 9.43. The first kappa shape index (κ1) is 20.7. The molecule has 1 amide bonds. The van der Waals surface area contributed by atoms with Gasteiger partial charge in [-0.05, 0) is 30.2 Å². The van der Waals surface area contributed by atoms with Crippen molar-refractivity contribution in [2.75, 3.05) is 20.3 Å². The molecule has 5 nitrogen and oxygen atoms in total. The topological polar surface area (TPSA) is 55.8 Å². The van der Waals surface area contributed by atoms with Gasteiger partial charge in [0.25, 0.3) is 0 Å². The van der Waals surface area contributed by atoms with Crippen LogP contribution in [0.3, 0.4) is 0 Å². The maximum absolute atomic E-state index is 12.8. The van der Waals surface area contributed by atoms with E-state index < -0.39 is 16.0 Å². The van der Waals surface area contributed by atoms with Crippen molar-refractivity contribution in [2.45, 2.75) is 30.9 Å². The first-order chi connectivity index (χ1) is 13.5. The van der Waals surface area contributed by atoms with E-state index in [2.05, 4.69) is 0 Å². The van der Waals surface area contributed by atoms with E-state index in [0.29, 0.717) is 36.3 Å². The molecule has 2 unspecified atom stereocenters. The van der Waals surface area contributed by atoms with Gasteiger partial charge in [-0.3, -0.25) is 9.00 Å². The number of ether oxygens (including phenoxy) is 2. The number of rotatable bonds is 6. The molecule has 0 aliphatic carbocycles. The van der Waals surface area contributed by atoms with Gasteiger partial charge in [-0.25, -0.2) is 0 Å². The molecule has 0 aromatic heterocycles. The van der Waals surface area contributed by atoms with Crippen molar-refractivity contribution >= 4 is 28.3 Å². The molecule has 0 fully saturated rings. The fourth-order valence-electron chi connectivity index (χ4n) is 3.01. The Balaban J connectivity index is 1.66. The fourth-order valence-corrected chi connectivity index (χ4v) is 4.45. The number of benzene rings is 2. The Kier molecular flexibility index (Phi) is 6.97. The Labute approximate surface area is 173 Å². The van der Waals surface area contributed by atoms with E-state index in [1.165, 1.54) is 0 Å². The second-order valence-corrected chi connectivity index (χ2v) is 8.97. The number of hydrogen-bond acceptors (Lipinski definition) is 4. The van der Waals surface area contributed by atoms with Crippen LogP contribution in [0.15, 0.2) is 42.5 Å². The molecule has 2 atom stereocenters. The monoisotopic (exact) mass is 421 g/mol. The highest BCUT2D eigenvalue weighted by molar-refractivity contribution is 7.85. The van der Waals surface area contributed by atoms with Gasteiger partial charge < -0.3 is 14.4 Å². The number of amides is 1. The molecule has 1 heterocycles. The van der Waals surface area contributed by atoms with Crippen molar-refractivity contribution in [3.63, 3.8) is 0 Å². The van der Waals surface area contributed by atoms with E-state index in [0.717, 1.165) is 17.5 Å². The predicted molar refractivity (Wildman–Crippen MR) is 111 cm³/mol. The van der Waals surface area contributed by atoms with Gasteiger partial charge in [0.1, 0.15) is 5.25 Å². The van der Waals surface area contributed by atoms with Gasteiger partial charge in [0.2, 0.25) is 5.91 Å². The molecular formula is C21H24ClNO4S. The largest absolute Gasteiger partial charge is 0.489 e. The lowest BCUT2D eigenvalue weighted by atomic mass is 10.2. The van der Waals surface area contributed by atoms with Crippen LogP contribution in [-0.2, 0) is 27.9 Å². The molecule has 0 saturated heterocycles. The third-order valence-corrected chi connectivity index (χ3v) is 6.44. The summed E-state index contributed by atoms with van der Waals surface area (Å²) in [6.45, 7) is 3.29. The summed E-state index contributed by atoms with van der Waals surface area (Å²) >= 11 is 6.31. The van der Waals surface area contributed by atoms with E-state index in [1.807, 2.05) is 30.3 Å². The van der Waals surface area contributed by atoms with E-state index in [1.54, 1.807) is 31.0 Å². The van der Waals surface area contributed by atoms with E-state index >= 15 is 0 Å². The highest BCUT2D eigenvalue weighted by atomic mass is 35.5. The van der Waals surface area contributed by atoms with E-state index in [9.17, 15) is 9.00 Å². The van der Waals surface area contributed by atoms with Crippen LogP contribution in [0.1, 0.15) is 24.5 Å². The van der Waals surface area contributed by atoms with Crippen LogP contribution in [0.25, 0.3) is 0 Å². The molecule has 0 saturated carbocycles. The second-order valence-electron chi connectivity index (χ2n) is 6.80. The van der Waals surface area contributed by atoms with Gasteiger partial charge in [0, 0.05) is 36.6 Å². The third-order valence-electron chi connectivity index (χ3n) is 4.55. The zero-order valence-electron chi connectivity index (χ0n) is 16.0. The number of nitrogens with zero attached hydrogens (tertiary/aromatic N) is 1. The van der Waals surface area contributed by atoms with Gasteiger partial charge in [-0.2, -0.15) is 0 Å². The summed E-state index contributed by atoms with van der Waals surface area (Å²) < 4.78 is 24.1. The van der Waals surface area contributed by atoms with Gasteiger partial charge in [0.15, 0.2) is 11.5 Å². The lowest BCUT2D eigenvalue weighted by molar-refractivity contribution is -0.129. The SMILES string of the molecule is CC(C(=O)N(C)Cc1ccccc1)S(=O)Cc1cc(Cl)c2c(c1)OCCCO2. The van der Waals surface area contributed by atoms with Crippen molar-refractivity contribution in [1.82, 2.24) is 4.90 Å². The molecule has 28 heavy (non-hydrogen) atoms. The van der Waals surface area contributed by atoms with Crippen molar-refractivity contribution in [2.24, 2.45) is 0 Å². The molecule has 0 N–H and O–H groups in total. The number of hydrogen-bond donors (Lipinski definition) is 0. The summed E-state index contributed by atoms with van der Waals surface area (Å²) in [5.74, 6) is 1.17. The summed E-state index contributed by atoms with van der Waals surface area (Å²) in [7, 11) is 0.346. The molecular weight excluding hydrogens is 398 g/mol. The van der Waals surface area contributed by atoms with E-state index in [4.69, 9.17) is 21.1 Å². The number of carbonyl (C=O) groups is 1. The summed E-state index contributed by atoms with van der Waals surface area (Å²) in [5.41, 5.74) is 1.80. The zero-order valence-corrected chi connectivity index (χ0v) is 17.6. The summed E-state index contributed by atoms with van der Waals surface area (Å²) in [6, 6.07) is 13.3. The van der Waals surface area contributed by atoms with Gasteiger partial charge in [-0.15, -0.1) is 0 Å². The Hall–Kier alpha value is -2.05. The average molecular weight is 422 g/mol. The van der Waals surface area contributed by atoms with Crippen LogP contribution in [0.4, 0.5) is 0 Å². The maximum Gasteiger partial charge on any atom is 0.238 e. The fraction of sp³-hybridized carbons (Fsp3) is 0.381. The predicted octanol–water partition coefficient (Wildman–Crippen LogP) is 3.80. The minimum Gasteiger partial charge on any atom is -0.489 e. The minimum atomic E-state index is -1.38. The normalized spacial score (nSPS) is 15.4. The van der Waals surface area contributed by atoms with Crippen LogP contribution in [0.2, 0.25) is 5.02 Å². The number of fused-ring (bicyclic) bond motifs is 1. The average Bonchev–Trinajstić information content (AvgIpc) is 2.93. The Morgan fingerprint density at radius 2 is 1.89 bits per heavy atom. The van der Waals surface area contributed by atoms with Gasteiger partial charge in [-0.1, -0.05) is 41.9 Å². The van der Waals surface area contributed by atoms with Crippen LogP contribution >= 0.6 is 11.6 Å². The van der Waals surface area contributed by atoms with Gasteiger partial charge in [0.05, 0.1) is 18.2 Å². The first-order valence-corrected chi connectivity index (χ1v) is 11.0. The molecule has 1 aliphatic rings. The van der Waals surface area contributed by atoms with Crippen molar-refractivity contribution in [3.8, 4) is 11.5 Å². The molecule has 150 valence electrons. The van der Waals surface area contributed by atoms with Crippen LogP contribution in [-0.4, -0.2) is 40.5 Å². The maximum atomic E-state index is 12.8. The molecule has 0 spiro atoms. The number of carbonyl (C=O) groups excluding carboxylic acids is 1. The van der Waals surface area contributed by atoms with Crippen molar-refractivity contribution < 1.29 is 18.5 Å². The Morgan fingerprint density at radius 1 is 1.18 bits per heavy atom. The highest BCUT2D eigenvalue weighted by Gasteiger charge is 2.24. The molecule has 3 rings (SSSR count). The summed E-state index contributed by atoms with van der Waals surface area (Å²) in [6.07, 6.45) is 0.783. The molecule has 7 heteroatoms. The minimum absolute atomic E-state index is 0.150. The molecule has 2 aromatic carbocycles. The standard InChI is InChI=1S/C21H24ClNO4S/c1-15(21(24)23(2)13-16-7-4-3-5-8-16)28(25)14-17-11-18(22)20-19(12-17)26-9-6-10-27-20/h3-5,7-8,11-12,15H,6,9-10,13-14H2,1-2H3. The smallest absolute Gasteiger partial charge is 0.238 e. The van der Waals surface area contributed by atoms with Crippen LogP contribution in [0.5, 0.6) is 11.5 Å².